The highest BCUT2D eigenvalue weighted by atomic mass is 16.6. The van der Waals surface area contributed by atoms with Crippen molar-refractivity contribution in [2.45, 2.75) is 140 Å². The summed E-state index contributed by atoms with van der Waals surface area (Å²) in [6.45, 7) is 2.25. The molecule has 3 fully saturated rings. The number of aliphatic hydroxyl groups excluding tert-OH is 1. The van der Waals surface area contributed by atoms with Crippen LogP contribution in [-0.4, -0.2) is 47.7 Å². The van der Waals surface area contributed by atoms with Crippen LogP contribution in [0.3, 0.4) is 0 Å². The number of hydrogen-bond acceptors (Lipinski definition) is 5. The summed E-state index contributed by atoms with van der Waals surface area (Å²) >= 11 is 0. The molecule has 0 radical (unpaired) electrons. The van der Waals surface area contributed by atoms with E-state index in [1.54, 1.807) is 0 Å². The molecule has 0 aliphatic carbocycles. The molecule has 3 saturated heterocycles. The standard InChI is InChI=1S/C23H40O5/c1-2-3-4-5-6-7-8-9-10-17(24)18-11-12-19(26-18)20-13-14-21(27-20)22-15-16-23(25)28-22/h17-22,24H,2-16H2,1H3/t17-,18+,19+,20+,21+,22+/m0/s1. The van der Waals surface area contributed by atoms with Crippen molar-refractivity contribution >= 4 is 5.97 Å². The molecule has 5 heteroatoms. The van der Waals surface area contributed by atoms with Crippen LogP contribution >= 0.6 is 0 Å². The minimum absolute atomic E-state index is 0.0290. The van der Waals surface area contributed by atoms with Crippen molar-refractivity contribution in [2.24, 2.45) is 0 Å². The van der Waals surface area contributed by atoms with E-state index in [9.17, 15) is 9.90 Å². The predicted molar refractivity (Wildman–Crippen MR) is 108 cm³/mol. The Morgan fingerprint density at radius 1 is 0.821 bits per heavy atom. The first-order chi connectivity index (χ1) is 13.7. The van der Waals surface area contributed by atoms with Crippen LogP contribution in [0.15, 0.2) is 0 Å². The number of cyclic esters (lactones) is 1. The highest BCUT2D eigenvalue weighted by Crippen LogP contribution is 2.36. The molecule has 0 aromatic heterocycles. The molecule has 0 spiro atoms. The van der Waals surface area contributed by atoms with E-state index in [2.05, 4.69) is 6.92 Å². The van der Waals surface area contributed by atoms with Crippen LogP contribution in [0.4, 0.5) is 0 Å². The quantitative estimate of drug-likeness (QED) is 0.383. The highest BCUT2D eigenvalue weighted by Gasteiger charge is 2.43. The SMILES string of the molecule is CCCCCCCCCC[C@H](O)[C@H]1CC[C@H]([C@H]2CC[C@H]([C@H]3CCC(=O)O3)O2)O1. The van der Waals surface area contributed by atoms with Gasteiger partial charge in [-0.05, 0) is 38.5 Å². The smallest absolute Gasteiger partial charge is 0.306 e. The maximum atomic E-state index is 11.3. The number of hydrogen-bond donors (Lipinski definition) is 1. The average Bonchev–Trinajstić information content (AvgIpc) is 3.43. The first-order valence-corrected chi connectivity index (χ1v) is 11.9. The van der Waals surface area contributed by atoms with Crippen molar-refractivity contribution in [3.63, 3.8) is 0 Å². The van der Waals surface area contributed by atoms with E-state index < -0.39 is 0 Å². The molecular weight excluding hydrogens is 356 g/mol. The third-order valence-corrected chi connectivity index (χ3v) is 6.70. The minimum Gasteiger partial charge on any atom is -0.460 e. The van der Waals surface area contributed by atoms with Gasteiger partial charge in [-0.15, -0.1) is 0 Å². The zero-order chi connectivity index (χ0) is 19.8. The first-order valence-electron chi connectivity index (χ1n) is 11.9. The second-order valence-electron chi connectivity index (χ2n) is 8.98. The Labute approximate surface area is 170 Å². The van der Waals surface area contributed by atoms with Gasteiger partial charge in [-0.25, -0.2) is 0 Å². The molecule has 1 N–H and O–H groups in total. The Kier molecular flexibility index (Phi) is 9.06. The fourth-order valence-electron chi connectivity index (χ4n) is 4.96. The lowest BCUT2D eigenvalue weighted by atomic mass is 10.0. The monoisotopic (exact) mass is 396 g/mol. The van der Waals surface area contributed by atoms with Crippen molar-refractivity contribution < 1.29 is 24.1 Å². The summed E-state index contributed by atoms with van der Waals surface area (Å²) in [7, 11) is 0. The highest BCUT2D eigenvalue weighted by molar-refractivity contribution is 5.71. The van der Waals surface area contributed by atoms with Gasteiger partial charge >= 0.3 is 5.97 Å². The van der Waals surface area contributed by atoms with Gasteiger partial charge in [-0.1, -0.05) is 58.3 Å². The largest absolute Gasteiger partial charge is 0.460 e. The van der Waals surface area contributed by atoms with Crippen LogP contribution in [0.2, 0.25) is 0 Å². The van der Waals surface area contributed by atoms with Gasteiger partial charge in [-0.2, -0.15) is 0 Å². The van der Waals surface area contributed by atoms with Crippen LogP contribution in [0.5, 0.6) is 0 Å². The van der Waals surface area contributed by atoms with Crippen LogP contribution in [0.1, 0.15) is 103 Å². The number of rotatable bonds is 12. The lowest BCUT2D eigenvalue weighted by molar-refractivity contribution is -0.149. The number of carbonyl (C=O) groups is 1. The summed E-state index contributed by atoms with van der Waals surface area (Å²) < 4.78 is 17.7. The molecule has 162 valence electrons. The lowest BCUT2D eigenvalue weighted by Gasteiger charge is -2.24. The van der Waals surface area contributed by atoms with E-state index in [0.717, 1.165) is 44.9 Å². The van der Waals surface area contributed by atoms with Crippen LogP contribution in [0.25, 0.3) is 0 Å². The fourth-order valence-corrected chi connectivity index (χ4v) is 4.96. The van der Waals surface area contributed by atoms with Crippen molar-refractivity contribution in [1.82, 2.24) is 0 Å². The van der Waals surface area contributed by atoms with Crippen molar-refractivity contribution in [3.05, 3.63) is 0 Å². The van der Waals surface area contributed by atoms with Crippen molar-refractivity contribution in [1.29, 1.82) is 0 Å². The van der Waals surface area contributed by atoms with E-state index in [-0.39, 0.29) is 42.6 Å². The van der Waals surface area contributed by atoms with E-state index in [4.69, 9.17) is 14.2 Å². The minimum atomic E-state index is -0.349. The molecule has 0 unspecified atom stereocenters. The summed E-state index contributed by atoms with van der Waals surface area (Å²) in [5.41, 5.74) is 0. The van der Waals surface area contributed by atoms with E-state index in [1.807, 2.05) is 0 Å². The van der Waals surface area contributed by atoms with Gasteiger partial charge in [0.15, 0.2) is 0 Å². The number of unbranched alkanes of at least 4 members (excludes halogenated alkanes) is 7. The zero-order valence-electron chi connectivity index (χ0n) is 17.7. The molecule has 0 amide bonds. The summed E-state index contributed by atoms with van der Waals surface area (Å²) in [5.74, 6) is -0.0988. The molecule has 0 aromatic rings. The molecule has 3 rings (SSSR count). The third-order valence-electron chi connectivity index (χ3n) is 6.70. The molecule has 3 aliphatic rings. The Balaban J connectivity index is 1.27. The maximum Gasteiger partial charge on any atom is 0.306 e. The Morgan fingerprint density at radius 2 is 1.43 bits per heavy atom. The molecule has 6 atom stereocenters. The average molecular weight is 397 g/mol. The Bertz CT molecular complexity index is 468. The number of aliphatic hydroxyl groups is 1. The normalized spacial score (nSPS) is 34.1. The van der Waals surface area contributed by atoms with Crippen LogP contribution in [-0.2, 0) is 19.0 Å². The molecule has 28 heavy (non-hydrogen) atoms. The van der Waals surface area contributed by atoms with Crippen LogP contribution < -0.4 is 0 Å². The molecule has 0 saturated carbocycles. The molecule has 3 aliphatic heterocycles. The second-order valence-corrected chi connectivity index (χ2v) is 8.98. The van der Waals surface area contributed by atoms with Gasteiger partial charge < -0.3 is 19.3 Å². The van der Waals surface area contributed by atoms with Gasteiger partial charge in [0, 0.05) is 6.42 Å². The third kappa shape index (κ3) is 6.43. The van der Waals surface area contributed by atoms with E-state index in [1.165, 1.54) is 44.9 Å². The van der Waals surface area contributed by atoms with Gasteiger partial charge in [0.2, 0.25) is 0 Å². The van der Waals surface area contributed by atoms with Crippen LogP contribution in [0, 0.1) is 0 Å². The summed E-state index contributed by atoms with van der Waals surface area (Å²) in [6.07, 6.45) is 16.0. The first kappa shape index (κ1) is 22.0. The topological polar surface area (TPSA) is 65.0 Å². The van der Waals surface area contributed by atoms with Gasteiger partial charge in [0.05, 0.1) is 30.5 Å². The summed E-state index contributed by atoms with van der Waals surface area (Å²) in [5, 5.41) is 10.5. The maximum absolute atomic E-state index is 11.3. The Morgan fingerprint density at radius 3 is 2.11 bits per heavy atom. The molecule has 0 aromatic carbocycles. The number of ether oxygens (including phenoxy) is 3. The van der Waals surface area contributed by atoms with Gasteiger partial charge in [0.1, 0.15) is 6.10 Å². The Hall–Kier alpha value is -0.650. The lowest BCUT2D eigenvalue weighted by Crippen LogP contribution is -2.33. The predicted octanol–water partition coefficient (Wildman–Crippen LogP) is 4.68. The number of carbonyl (C=O) groups excluding carboxylic acids is 1. The zero-order valence-corrected chi connectivity index (χ0v) is 17.7. The summed E-state index contributed by atoms with van der Waals surface area (Å²) in [6, 6.07) is 0. The van der Waals surface area contributed by atoms with Crippen molar-refractivity contribution in [3.8, 4) is 0 Å². The molecule has 5 nitrogen and oxygen atoms in total. The molecule has 3 heterocycles. The molecular formula is C23H40O5. The van der Waals surface area contributed by atoms with E-state index in [0.29, 0.717) is 6.42 Å². The second kappa shape index (κ2) is 11.5. The summed E-state index contributed by atoms with van der Waals surface area (Å²) in [4.78, 5) is 11.3. The van der Waals surface area contributed by atoms with Gasteiger partial charge in [0.25, 0.3) is 0 Å². The molecule has 0 bridgehead atoms. The number of esters is 1. The van der Waals surface area contributed by atoms with E-state index >= 15 is 0 Å². The van der Waals surface area contributed by atoms with Gasteiger partial charge in [-0.3, -0.25) is 4.79 Å². The fraction of sp³-hybridized carbons (Fsp3) is 0.957. The van der Waals surface area contributed by atoms with Crippen molar-refractivity contribution in [2.75, 3.05) is 0 Å².